The fourth-order valence-electron chi connectivity index (χ4n) is 0.315. The van der Waals surface area contributed by atoms with Crippen LogP contribution in [0.25, 0.3) is 0 Å². The molecule has 0 atom stereocenters. The number of rotatable bonds is 2. The molecule has 0 aromatic rings. The quantitative estimate of drug-likeness (QED) is 0.523. The Labute approximate surface area is 64.9 Å². The van der Waals surface area contributed by atoms with Crippen molar-refractivity contribution in [2.24, 2.45) is 10.9 Å². The Morgan fingerprint density at radius 1 is 1.40 bits per heavy atom. The molecule has 0 aromatic heterocycles. The average Bonchev–Trinajstić information content (AvgIpc) is 1.93. The highest BCUT2D eigenvalue weighted by Gasteiger charge is 1.93. The lowest BCUT2D eigenvalue weighted by Crippen LogP contribution is -1.87. The van der Waals surface area contributed by atoms with Crippen LogP contribution >= 0.6 is 0 Å². The second-order valence-corrected chi connectivity index (χ2v) is 2.03. The van der Waals surface area contributed by atoms with E-state index in [1.165, 1.54) is 0 Å². The zero-order valence-electron chi connectivity index (χ0n) is 7.81. The van der Waals surface area contributed by atoms with Gasteiger partial charge in [0.2, 0.25) is 0 Å². The lowest BCUT2D eigenvalue weighted by atomic mass is 10.2. The van der Waals surface area contributed by atoms with Gasteiger partial charge < -0.3 is 0 Å². The molecule has 0 saturated carbocycles. The summed E-state index contributed by atoms with van der Waals surface area (Å²) in [5.74, 6) is 0.478. The highest BCUT2D eigenvalue weighted by Crippen LogP contribution is 2.05. The van der Waals surface area contributed by atoms with Crippen molar-refractivity contribution < 1.29 is 0 Å². The molecule has 0 amide bonds. The van der Waals surface area contributed by atoms with E-state index in [0.29, 0.717) is 5.92 Å². The van der Waals surface area contributed by atoms with Crippen molar-refractivity contribution in [3.8, 4) is 0 Å². The van der Waals surface area contributed by atoms with Gasteiger partial charge in [-0.25, -0.2) is 0 Å². The van der Waals surface area contributed by atoms with Crippen LogP contribution in [-0.2, 0) is 0 Å². The number of hydrogen-bond acceptors (Lipinski definition) is 1. The molecule has 0 rings (SSSR count). The second-order valence-electron chi connectivity index (χ2n) is 2.03. The first-order valence-corrected chi connectivity index (χ1v) is 3.86. The Hall–Kier alpha value is -0.590. The highest BCUT2D eigenvalue weighted by atomic mass is 14.7. The molecular formula is C9H19N. The third-order valence-electron chi connectivity index (χ3n) is 0.961. The van der Waals surface area contributed by atoms with Gasteiger partial charge in [-0.2, -0.15) is 0 Å². The minimum absolute atomic E-state index is 0.478. The summed E-state index contributed by atoms with van der Waals surface area (Å²) in [6, 6.07) is 0. The van der Waals surface area contributed by atoms with Crippen LogP contribution in [0.15, 0.2) is 17.3 Å². The molecule has 10 heavy (non-hydrogen) atoms. The van der Waals surface area contributed by atoms with E-state index in [0.717, 1.165) is 5.70 Å². The van der Waals surface area contributed by atoms with Crippen LogP contribution in [0, 0.1) is 5.92 Å². The predicted molar refractivity (Wildman–Crippen MR) is 49.5 cm³/mol. The average molecular weight is 141 g/mol. The molecule has 0 heterocycles. The topological polar surface area (TPSA) is 12.4 Å². The summed E-state index contributed by atoms with van der Waals surface area (Å²) >= 11 is 0. The highest BCUT2D eigenvalue weighted by molar-refractivity contribution is 5.55. The Kier molecular flexibility index (Phi) is 10.2. The lowest BCUT2D eigenvalue weighted by Gasteiger charge is -1.99. The number of hydrogen-bond donors (Lipinski definition) is 0. The first-order chi connectivity index (χ1) is 4.68. The lowest BCUT2D eigenvalue weighted by molar-refractivity contribution is 0.763. The Balaban J connectivity index is 0. The van der Waals surface area contributed by atoms with Crippen molar-refractivity contribution in [2.45, 2.75) is 34.6 Å². The molecule has 0 aliphatic carbocycles. The number of nitrogens with zero attached hydrogens (tertiary/aromatic N) is 1. The van der Waals surface area contributed by atoms with Gasteiger partial charge in [-0.1, -0.05) is 34.3 Å². The first kappa shape index (κ1) is 12.1. The fraction of sp³-hybridized carbons (Fsp3) is 0.667. The van der Waals surface area contributed by atoms with E-state index >= 15 is 0 Å². The molecule has 0 fully saturated rings. The Bertz CT molecular complexity index is 101. The van der Waals surface area contributed by atoms with Crippen LogP contribution in [0.2, 0.25) is 0 Å². The zero-order valence-corrected chi connectivity index (χ0v) is 7.81. The third-order valence-corrected chi connectivity index (χ3v) is 0.961. The molecule has 0 saturated heterocycles. The standard InChI is InChI=1S/C7H13N.C2H6/c1-5-8-7(4)6(2)3;1-2/h5-6H,4H2,1-3H3;1-2H3. The maximum atomic E-state index is 4.00. The maximum Gasteiger partial charge on any atom is 0.0353 e. The van der Waals surface area contributed by atoms with Gasteiger partial charge >= 0.3 is 0 Å². The molecule has 0 aliphatic rings. The van der Waals surface area contributed by atoms with Gasteiger partial charge in [-0.05, 0) is 12.8 Å². The SMILES string of the molecule is C=C(N=CC)C(C)C.CC. The van der Waals surface area contributed by atoms with Crippen molar-refractivity contribution in [3.63, 3.8) is 0 Å². The van der Waals surface area contributed by atoms with E-state index in [4.69, 9.17) is 0 Å². The van der Waals surface area contributed by atoms with Gasteiger partial charge in [0.05, 0.1) is 0 Å². The molecule has 0 aromatic carbocycles. The first-order valence-electron chi connectivity index (χ1n) is 3.86. The minimum Gasteiger partial charge on any atom is -0.266 e. The summed E-state index contributed by atoms with van der Waals surface area (Å²) in [5.41, 5.74) is 0.951. The molecule has 60 valence electrons. The molecule has 1 heteroatoms. The largest absolute Gasteiger partial charge is 0.266 e. The van der Waals surface area contributed by atoms with Crippen molar-refractivity contribution in [3.05, 3.63) is 12.3 Å². The van der Waals surface area contributed by atoms with Crippen molar-refractivity contribution in [1.82, 2.24) is 0 Å². The van der Waals surface area contributed by atoms with E-state index in [2.05, 4.69) is 25.4 Å². The molecule has 0 aliphatic heterocycles. The van der Waals surface area contributed by atoms with Crippen LogP contribution in [0.1, 0.15) is 34.6 Å². The van der Waals surface area contributed by atoms with Gasteiger partial charge in [0, 0.05) is 11.9 Å². The molecule has 0 unspecified atom stereocenters. The van der Waals surface area contributed by atoms with E-state index in [-0.39, 0.29) is 0 Å². The van der Waals surface area contributed by atoms with E-state index in [9.17, 15) is 0 Å². The van der Waals surface area contributed by atoms with E-state index in [1.807, 2.05) is 20.8 Å². The fourth-order valence-corrected chi connectivity index (χ4v) is 0.315. The van der Waals surface area contributed by atoms with Crippen LogP contribution < -0.4 is 0 Å². The number of aliphatic imine (C=N–C) groups is 1. The molecule has 0 bridgehead atoms. The molecule has 0 radical (unpaired) electrons. The van der Waals surface area contributed by atoms with Crippen LogP contribution in [0.4, 0.5) is 0 Å². The summed E-state index contributed by atoms with van der Waals surface area (Å²) in [5, 5.41) is 0. The maximum absolute atomic E-state index is 4.00. The van der Waals surface area contributed by atoms with Crippen molar-refractivity contribution in [1.29, 1.82) is 0 Å². The number of allylic oxidation sites excluding steroid dienone is 1. The van der Waals surface area contributed by atoms with Crippen molar-refractivity contribution >= 4 is 6.21 Å². The summed E-state index contributed by atoms with van der Waals surface area (Å²) in [6.45, 7) is 13.8. The summed E-state index contributed by atoms with van der Waals surface area (Å²) in [6.07, 6.45) is 1.77. The van der Waals surface area contributed by atoms with Gasteiger partial charge in [-0.15, -0.1) is 0 Å². The Morgan fingerprint density at radius 3 is 1.90 bits per heavy atom. The van der Waals surface area contributed by atoms with Gasteiger partial charge in [-0.3, -0.25) is 4.99 Å². The monoisotopic (exact) mass is 141 g/mol. The minimum atomic E-state index is 0.478. The summed E-state index contributed by atoms with van der Waals surface area (Å²) in [7, 11) is 0. The third kappa shape index (κ3) is 7.41. The van der Waals surface area contributed by atoms with Crippen molar-refractivity contribution in [2.75, 3.05) is 0 Å². The van der Waals surface area contributed by atoms with Crippen LogP contribution in [0.3, 0.4) is 0 Å². The van der Waals surface area contributed by atoms with E-state index < -0.39 is 0 Å². The summed E-state index contributed by atoms with van der Waals surface area (Å²) < 4.78 is 0. The Morgan fingerprint density at radius 2 is 1.80 bits per heavy atom. The summed E-state index contributed by atoms with van der Waals surface area (Å²) in [4.78, 5) is 4.00. The normalized spacial score (nSPS) is 9.40. The van der Waals surface area contributed by atoms with Gasteiger partial charge in [0.1, 0.15) is 0 Å². The second kappa shape index (κ2) is 8.41. The zero-order chi connectivity index (χ0) is 8.57. The smallest absolute Gasteiger partial charge is 0.0353 e. The van der Waals surface area contributed by atoms with Gasteiger partial charge in [0.15, 0.2) is 0 Å². The van der Waals surface area contributed by atoms with E-state index in [1.54, 1.807) is 6.21 Å². The molecule has 1 nitrogen and oxygen atoms in total. The van der Waals surface area contributed by atoms with Crippen LogP contribution in [-0.4, -0.2) is 6.21 Å². The molecule has 0 N–H and O–H groups in total. The molecule has 0 spiro atoms. The molecular weight excluding hydrogens is 122 g/mol. The van der Waals surface area contributed by atoms with Crippen LogP contribution in [0.5, 0.6) is 0 Å². The van der Waals surface area contributed by atoms with Gasteiger partial charge in [0.25, 0.3) is 0 Å². The predicted octanol–water partition coefficient (Wildman–Crippen LogP) is 3.27.